The van der Waals surface area contributed by atoms with E-state index in [1.165, 1.54) is 6.07 Å². The molecule has 0 unspecified atom stereocenters. The van der Waals surface area contributed by atoms with Crippen molar-refractivity contribution in [3.63, 3.8) is 0 Å². The van der Waals surface area contributed by atoms with E-state index in [0.29, 0.717) is 16.5 Å². The van der Waals surface area contributed by atoms with Crippen LogP contribution in [0.25, 0.3) is 0 Å². The number of rotatable bonds is 4. The topological polar surface area (TPSA) is 46.2 Å². The lowest BCUT2D eigenvalue weighted by Crippen LogP contribution is -2.29. The van der Waals surface area contributed by atoms with Gasteiger partial charge in [-0.1, -0.05) is 52.3 Å². The second-order valence-corrected chi connectivity index (χ2v) is 5.27. The highest BCUT2D eigenvalue weighted by atomic mass is 79.9. The van der Waals surface area contributed by atoms with Crippen LogP contribution in [0.5, 0.6) is 0 Å². The molecule has 0 bridgehead atoms. The van der Waals surface area contributed by atoms with E-state index >= 15 is 0 Å². The maximum atomic E-state index is 13.8. The molecule has 19 heavy (non-hydrogen) atoms. The van der Waals surface area contributed by atoms with Crippen molar-refractivity contribution >= 4 is 15.9 Å². The molecular formula is C15H15BrFNO. The minimum absolute atomic E-state index is 0.311. The summed E-state index contributed by atoms with van der Waals surface area (Å²) in [6.07, 6.45) is -0.446. The molecule has 0 aromatic heterocycles. The summed E-state index contributed by atoms with van der Waals surface area (Å²) in [6.45, 7) is 0. The third kappa shape index (κ3) is 3.41. The SMILES string of the molecule is N[C@@H](c1c(F)cccc1Br)[C@H](O)Cc1ccccc1. The van der Waals surface area contributed by atoms with Crippen LogP contribution in [0.4, 0.5) is 4.39 Å². The lowest BCUT2D eigenvalue weighted by atomic mass is 9.96. The molecule has 2 rings (SSSR count). The smallest absolute Gasteiger partial charge is 0.129 e. The average molecular weight is 324 g/mol. The van der Waals surface area contributed by atoms with Gasteiger partial charge in [-0.05, 0) is 17.7 Å². The molecule has 0 saturated carbocycles. The maximum absolute atomic E-state index is 13.8. The van der Waals surface area contributed by atoms with Crippen LogP contribution in [0.15, 0.2) is 53.0 Å². The zero-order valence-electron chi connectivity index (χ0n) is 10.3. The van der Waals surface area contributed by atoms with Crippen LogP contribution in [-0.2, 0) is 6.42 Å². The molecule has 2 nitrogen and oxygen atoms in total. The molecular weight excluding hydrogens is 309 g/mol. The predicted octanol–water partition coefficient (Wildman–Crippen LogP) is 3.19. The lowest BCUT2D eigenvalue weighted by molar-refractivity contribution is 0.143. The van der Waals surface area contributed by atoms with Crippen molar-refractivity contribution in [2.75, 3.05) is 0 Å². The fraction of sp³-hybridized carbons (Fsp3) is 0.200. The van der Waals surface area contributed by atoms with Gasteiger partial charge in [0.15, 0.2) is 0 Å². The molecule has 0 heterocycles. The van der Waals surface area contributed by atoms with Crippen molar-refractivity contribution in [3.8, 4) is 0 Å². The Morgan fingerprint density at radius 2 is 1.79 bits per heavy atom. The molecule has 2 atom stereocenters. The summed E-state index contributed by atoms with van der Waals surface area (Å²) in [5.74, 6) is -0.408. The fourth-order valence-electron chi connectivity index (χ4n) is 2.00. The molecule has 2 aromatic carbocycles. The van der Waals surface area contributed by atoms with Gasteiger partial charge in [-0.25, -0.2) is 4.39 Å². The number of aliphatic hydroxyl groups excluding tert-OH is 1. The zero-order valence-corrected chi connectivity index (χ0v) is 11.8. The van der Waals surface area contributed by atoms with E-state index in [2.05, 4.69) is 15.9 Å². The standard InChI is InChI=1S/C15H15BrFNO/c16-11-7-4-8-12(17)14(11)15(18)13(19)9-10-5-2-1-3-6-10/h1-8,13,15,19H,9,18H2/t13-,15-/m1/s1. The molecule has 0 amide bonds. The van der Waals surface area contributed by atoms with Gasteiger partial charge in [0.05, 0.1) is 12.1 Å². The van der Waals surface area contributed by atoms with E-state index < -0.39 is 18.0 Å². The summed E-state index contributed by atoms with van der Waals surface area (Å²) >= 11 is 3.27. The highest BCUT2D eigenvalue weighted by Crippen LogP contribution is 2.27. The van der Waals surface area contributed by atoms with Crippen LogP contribution >= 0.6 is 15.9 Å². The molecule has 0 spiro atoms. The van der Waals surface area contributed by atoms with Crippen LogP contribution in [0, 0.1) is 5.82 Å². The normalized spacial score (nSPS) is 14.1. The van der Waals surface area contributed by atoms with Gasteiger partial charge in [-0.15, -0.1) is 0 Å². The van der Waals surface area contributed by atoms with Crippen LogP contribution in [0.2, 0.25) is 0 Å². The average Bonchev–Trinajstić information content (AvgIpc) is 2.39. The van der Waals surface area contributed by atoms with Crippen LogP contribution in [-0.4, -0.2) is 11.2 Å². The van der Waals surface area contributed by atoms with Gasteiger partial charge in [0, 0.05) is 16.5 Å². The van der Waals surface area contributed by atoms with Crippen LogP contribution < -0.4 is 5.73 Å². The number of benzene rings is 2. The third-order valence-corrected chi connectivity index (χ3v) is 3.73. The summed E-state index contributed by atoms with van der Waals surface area (Å²) in [6, 6.07) is 13.4. The molecule has 0 aliphatic rings. The number of hydrogen-bond donors (Lipinski definition) is 2. The minimum atomic E-state index is -0.837. The Hall–Kier alpha value is -1.23. The quantitative estimate of drug-likeness (QED) is 0.907. The van der Waals surface area contributed by atoms with Crippen molar-refractivity contribution in [2.24, 2.45) is 5.73 Å². The van der Waals surface area contributed by atoms with Crippen LogP contribution in [0.3, 0.4) is 0 Å². The first kappa shape index (κ1) is 14.2. The zero-order chi connectivity index (χ0) is 13.8. The summed E-state index contributed by atoms with van der Waals surface area (Å²) in [5, 5.41) is 10.2. The van der Waals surface area contributed by atoms with E-state index in [0.717, 1.165) is 5.56 Å². The number of halogens is 2. The number of hydrogen-bond acceptors (Lipinski definition) is 2. The van der Waals surface area contributed by atoms with Gasteiger partial charge in [0.1, 0.15) is 5.82 Å². The highest BCUT2D eigenvalue weighted by Gasteiger charge is 2.22. The van der Waals surface area contributed by atoms with Crippen molar-refractivity contribution in [1.82, 2.24) is 0 Å². The molecule has 3 N–H and O–H groups in total. The maximum Gasteiger partial charge on any atom is 0.129 e. The fourth-order valence-corrected chi connectivity index (χ4v) is 2.61. The van der Waals surface area contributed by atoms with E-state index in [1.807, 2.05) is 30.3 Å². The van der Waals surface area contributed by atoms with Crippen molar-refractivity contribution in [3.05, 3.63) is 69.9 Å². The van der Waals surface area contributed by atoms with Crippen molar-refractivity contribution in [1.29, 1.82) is 0 Å². The summed E-state index contributed by atoms with van der Waals surface area (Å²) in [7, 11) is 0. The Balaban J connectivity index is 2.17. The second kappa shape index (κ2) is 6.28. The molecule has 2 aromatic rings. The van der Waals surface area contributed by atoms with Crippen LogP contribution in [0.1, 0.15) is 17.2 Å². The summed E-state index contributed by atoms with van der Waals surface area (Å²) in [4.78, 5) is 0. The van der Waals surface area contributed by atoms with Crippen molar-refractivity contribution < 1.29 is 9.50 Å². The molecule has 0 fully saturated rings. The molecule has 0 aliphatic heterocycles. The number of nitrogens with two attached hydrogens (primary N) is 1. The molecule has 0 radical (unpaired) electrons. The van der Waals surface area contributed by atoms with E-state index in [9.17, 15) is 9.50 Å². The monoisotopic (exact) mass is 323 g/mol. The Labute approximate surface area is 120 Å². The molecule has 4 heteroatoms. The first-order chi connectivity index (χ1) is 9.09. The van der Waals surface area contributed by atoms with Gasteiger partial charge in [-0.2, -0.15) is 0 Å². The molecule has 0 saturated heterocycles. The highest BCUT2D eigenvalue weighted by molar-refractivity contribution is 9.10. The van der Waals surface area contributed by atoms with Crippen molar-refractivity contribution in [2.45, 2.75) is 18.6 Å². The van der Waals surface area contributed by atoms with E-state index in [4.69, 9.17) is 5.73 Å². The van der Waals surface area contributed by atoms with E-state index in [1.54, 1.807) is 12.1 Å². The predicted molar refractivity (Wildman–Crippen MR) is 77.2 cm³/mol. The lowest BCUT2D eigenvalue weighted by Gasteiger charge is -2.21. The van der Waals surface area contributed by atoms with Gasteiger partial charge >= 0.3 is 0 Å². The van der Waals surface area contributed by atoms with E-state index in [-0.39, 0.29) is 0 Å². The first-order valence-electron chi connectivity index (χ1n) is 6.01. The Bertz CT molecular complexity index is 527. The van der Waals surface area contributed by atoms with Gasteiger partial charge < -0.3 is 10.8 Å². The third-order valence-electron chi connectivity index (χ3n) is 3.04. The van der Waals surface area contributed by atoms with Gasteiger partial charge in [0.25, 0.3) is 0 Å². The summed E-state index contributed by atoms with van der Waals surface area (Å²) in [5.41, 5.74) is 7.25. The Kier molecular flexibility index (Phi) is 4.69. The summed E-state index contributed by atoms with van der Waals surface area (Å²) < 4.78 is 14.4. The largest absolute Gasteiger partial charge is 0.391 e. The minimum Gasteiger partial charge on any atom is -0.391 e. The number of aliphatic hydroxyl groups is 1. The van der Waals surface area contributed by atoms with Gasteiger partial charge in [0.2, 0.25) is 0 Å². The molecule has 0 aliphatic carbocycles. The Morgan fingerprint density at radius 3 is 2.42 bits per heavy atom. The first-order valence-corrected chi connectivity index (χ1v) is 6.80. The second-order valence-electron chi connectivity index (χ2n) is 4.42. The van der Waals surface area contributed by atoms with Gasteiger partial charge in [-0.3, -0.25) is 0 Å². The molecule has 100 valence electrons. The Morgan fingerprint density at radius 1 is 1.11 bits per heavy atom.